The molecule has 0 heterocycles. The van der Waals surface area contributed by atoms with E-state index in [1.165, 1.54) is 6.92 Å². The predicted molar refractivity (Wildman–Crippen MR) is 82.0 cm³/mol. The Morgan fingerprint density at radius 3 is 2.38 bits per heavy atom. The van der Waals surface area contributed by atoms with Crippen molar-refractivity contribution in [2.24, 2.45) is 0 Å². The Hall–Kier alpha value is -2.04. The molecule has 0 spiro atoms. The Labute approximate surface area is 126 Å². The molecule has 0 atom stereocenters. The third-order valence-electron chi connectivity index (χ3n) is 3.10. The van der Waals surface area contributed by atoms with Crippen LogP contribution in [-0.2, 0) is 16.1 Å². The first kappa shape index (κ1) is 17.0. The molecule has 2 N–H and O–H groups in total. The van der Waals surface area contributed by atoms with E-state index in [0.717, 1.165) is 30.6 Å². The molecule has 1 aromatic carbocycles. The second-order valence-electron chi connectivity index (χ2n) is 4.92. The standard InChI is InChI=1S/C16H24N2O3/c1-13(19)17-11-5-3-4-6-16(20)18-12-14-7-9-15(21-2)10-8-14/h7-10H,3-6,11-12H2,1-2H3,(H,17,19)(H,18,20). The molecule has 0 aromatic heterocycles. The van der Waals surface area contributed by atoms with Gasteiger partial charge in [-0.05, 0) is 30.5 Å². The molecular weight excluding hydrogens is 268 g/mol. The van der Waals surface area contributed by atoms with Crippen LogP contribution in [0.25, 0.3) is 0 Å². The molecule has 5 heteroatoms. The first-order chi connectivity index (χ1) is 10.1. The number of amides is 2. The lowest BCUT2D eigenvalue weighted by Gasteiger charge is -2.06. The second-order valence-corrected chi connectivity index (χ2v) is 4.92. The monoisotopic (exact) mass is 292 g/mol. The summed E-state index contributed by atoms with van der Waals surface area (Å²) >= 11 is 0. The average Bonchev–Trinajstić information content (AvgIpc) is 2.49. The van der Waals surface area contributed by atoms with Crippen LogP contribution in [0.15, 0.2) is 24.3 Å². The Morgan fingerprint density at radius 1 is 1.05 bits per heavy atom. The van der Waals surface area contributed by atoms with Crippen molar-refractivity contribution in [1.82, 2.24) is 10.6 Å². The summed E-state index contributed by atoms with van der Waals surface area (Å²) in [6, 6.07) is 7.63. The number of hydrogen-bond donors (Lipinski definition) is 2. The van der Waals surface area contributed by atoms with E-state index in [1.54, 1.807) is 7.11 Å². The summed E-state index contributed by atoms with van der Waals surface area (Å²) in [4.78, 5) is 22.3. The minimum Gasteiger partial charge on any atom is -0.497 e. The quantitative estimate of drug-likeness (QED) is 0.684. The van der Waals surface area contributed by atoms with E-state index in [-0.39, 0.29) is 11.8 Å². The predicted octanol–water partition coefficient (Wildman–Crippen LogP) is 2.01. The number of hydrogen-bond acceptors (Lipinski definition) is 3. The van der Waals surface area contributed by atoms with E-state index in [9.17, 15) is 9.59 Å². The molecule has 1 aromatic rings. The number of rotatable bonds is 9. The van der Waals surface area contributed by atoms with Crippen molar-refractivity contribution in [3.63, 3.8) is 0 Å². The zero-order valence-corrected chi connectivity index (χ0v) is 12.8. The fourth-order valence-electron chi connectivity index (χ4n) is 1.88. The molecule has 0 saturated heterocycles. The largest absolute Gasteiger partial charge is 0.497 e. The SMILES string of the molecule is COc1ccc(CNC(=O)CCCCCNC(C)=O)cc1. The Kier molecular flexibility index (Phi) is 7.94. The lowest BCUT2D eigenvalue weighted by molar-refractivity contribution is -0.121. The van der Waals surface area contributed by atoms with Gasteiger partial charge in [-0.25, -0.2) is 0 Å². The third-order valence-corrected chi connectivity index (χ3v) is 3.10. The highest BCUT2D eigenvalue weighted by atomic mass is 16.5. The molecule has 0 aliphatic carbocycles. The van der Waals surface area contributed by atoms with Crippen LogP contribution in [0.1, 0.15) is 38.2 Å². The Morgan fingerprint density at radius 2 is 1.76 bits per heavy atom. The van der Waals surface area contributed by atoms with Crippen molar-refractivity contribution in [1.29, 1.82) is 0 Å². The molecule has 21 heavy (non-hydrogen) atoms. The van der Waals surface area contributed by atoms with Gasteiger partial charge >= 0.3 is 0 Å². The minimum atomic E-state index is -0.00719. The smallest absolute Gasteiger partial charge is 0.220 e. The summed E-state index contributed by atoms with van der Waals surface area (Å²) in [7, 11) is 1.63. The summed E-state index contributed by atoms with van der Waals surface area (Å²) in [5, 5.41) is 5.64. The zero-order chi connectivity index (χ0) is 15.5. The molecule has 5 nitrogen and oxygen atoms in total. The van der Waals surface area contributed by atoms with E-state index in [1.807, 2.05) is 24.3 Å². The van der Waals surface area contributed by atoms with Crippen molar-refractivity contribution in [2.45, 2.75) is 39.2 Å². The van der Waals surface area contributed by atoms with Gasteiger partial charge in [0.15, 0.2) is 0 Å². The lowest BCUT2D eigenvalue weighted by atomic mass is 10.1. The molecule has 0 unspecified atom stereocenters. The maximum Gasteiger partial charge on any atom is 0.220 e. The van der Waals surface area contributed by atoms with Crippen LogP contribution < -0.4 is 15.4 Å². The molecule has 0 bridgehead atoms. The summed E-state index contributed by atoms with van der Waals surface area (Å²) in [5.74, 6) is 0.863. The van der Waals surface area contributed by atoms with Gasteiger partial charge in [-0.15, -0.1) is 0 Å². The molecule has 0 aliphatic heterocycles. The van der Waals surface area contributed by atoms with Crippen LogP contribution >= 0.6 is 0 Å². The third kappa shape index (κ3) is 7.97. The van der Waals surface area contributed by atoms with Crippen LogP contribution in [0.5, 0.6) is 5.75 Å². The fourth-order valence-corrected chi connectivity index (χ4v) is 1.88. The van der Waals surface area contributed by atoms with Gasteiger partial charge in [0.25, 0.3) is 0 Å². The summed E-state index contributed by atoms with van der Waals surface area (Å²) < 4.78 is 5.08. The Balaban J connectivity index is 2.09. The number of carbonyl (C=O) groups excluding carboxylic acids is 2. The van der Waals surface area contributed by atoms with Gasteiger partial charge < -0.3 is 15.4 Å². The van der Waals surface area contributed by atoms with Crippen LogP contribution in [-0.4, -0.2) is 25.5 Å². The normalized spacial score (nSPS) is 10.0. The maximum absolute atomic E-state index is 11.7. The van der Waals surface area contributed by atoms with E-state index in [2.05, 4.69) is 10.6 Å². The topological polar surface area (TPSA) is 67.4 Å². The van der Waals surface area contributed by atoms with Gasteiger partial charge in [-0.1, -0.05) is 18.6 Å². The molecular formula is C16H24N2O3. The van der Waals surface area contributed by atoms with Crippen LogP contribution in [0.3, 0.4) is 0 Å². The van der Waals surface area contributed by atoms with Crippen molar-refractivity contribution >= 4 is 11.8 Å². The van der Waals surface area contributed by atoms with Crippen LogP contribution in [0, 0.1) is 0 Å². The molecule has 2 amide bonds. The number of unbranched alkanes of at least 4 members (excludes halogenated alkanes) is 2. The fraction of sp³-hybridized carbons (Fsp3) is 0.500. The number of benzene rings is 1. The molecule has 1 rings (SSSR count). The van der Waals surface area contributed by atoms with Gasteiger partial charge in [-0.2, -0.15) is 0 Å². The molecule has 0 saturated carbocycles. The molecule has 0 radical (unpaired) electrons. The number of nitrogens with one attached hydrogen (secondary N) is 2. The van der Waals surface area contributed by atoms with Crippen LogP contribution in [0.4, 0.5) is 0 Å². The maximum atomic E-state index is 11.7. The van der Waals surface area contributed by atoms with E-state index >= 15 is 0 Å². The van der Waals surface area contributed by atoms with Gasteiger partial charge in [0.05, 0.1) is 7.11 Å². The van der Waals surface area contributed by atoms with Crippen molar-refractivity contribution in [3.8, 4) is 5.75 Å². The minimum absolute atomic E-state index is 0.00719. The zero-order valence-electron chi connectivity index (χ0n) is 12.8. The van der Waals surface area contributed by atoms with E-state index < -0.39 is 0 Å². The number of carbonyl (C=O) groups is 2. The number of ether oxygens (including phenoxy) is 1. The molecule has 116 valence electrons. The van der Waals surface area contributed by atoms with Crippen molar-refractivity contribution < 1.29 is 14.3 Å². The Bertz CT molecular complexity index is 443. The lowest BCUT2D eigenvalue weighted by Crippen LogP contribution is -2.23. The first-order valence-corrected chi connectivity index (χ1v) is 7.26. The van der Waals surface area contributed by atoms with Gasteiger partial charge in [0.2, 0.25) is 11.8 Å². The summed E-state index contributed by atoms with van der Waals surface area (Å²) in [6.45, 7) is 2.73. The highest BCUT2D eigenvalue weighted by Crippen LogP contribution is 2.11. The van der Waals surface area contributed by atoms with E-state index in [0.29, 0.717) is 19.5 Å². The van der Waals surface area contributed by atoms with Crippen molar-refractivity contribution in [3.05, 3.63) is 29.8 Å². The van der Waals surface area contributed by atoms with E-state index in [4.69, 9.17) is 4.74 Å². The molecule has 0 fully saturated rings. The van der Waals surface area contributed by atoms with Gasteiger partial charge in [0.1, 0.15) is 5.75 Å². The highest BCUT2D eigenvalue weighted by Gasteiger charge is 2.02. The first-order valence-electron chi connectivity index (χ1n) is 7.26. The molecule has 0 aliphatic rings. The summed E-state index contributed by atoms with van der Waals surface area (Å²) in [5.41, 5.74) is 1.05. The summed E-state index contributed by atoms with van der Waals surface area (Å²) in [6.07, 6.45) is 3.21. The average molecular weight is 292 g/mol. The second kappa shape index (κ2) is 9.80. The number of methoxy groups -OCH3 is 1. The van der Waals surface area contributed by atoms with Gasteiger partial charge in [0, 0.05) is 26.4 Å². The van der Waals surface area contributed by atoms with Crippen molar-refractivity contribution in [2.75, 3.05) is 13.7 Å². The van der Waals surface area contributed by atoms with Crippen LogP contribution in [0.2, 0.25) is 0 Å². The highest BCUT2D eigenvalue weighted by molar-refractivity contribution is 5.75. The van der Waals surface area contributed by atoms with Gasteiger partial charge in [-0.3, -0.25) is 9.59 Å².